The van der Waals surface area contributed by atoms with Crippen molar-refractivity contribution in [2.24, 2.45) is 0 Å². The Labute approximate surface area is 130 Å². The fourth-order valence-electron chi connectivity index (χ4n) is 2.31. The van der Waals surface area contributed by atoms with E-state index in [2.05, 4.69) is 65.6 Å². The van der Waals surface area contributed by atoms with Gasteiger partial charge in [0.15, 0.2) is 0 Å². The van der Waals surface area contributed by atoms with Crippen molar-refractivity contribution in [3.63, 3.8) is 0 Å². The molecule has 0 amide bonds. The van der Waals surface area contributed by atoms with Gasteiger partial charge in [-0.1, -0.05) is 27.7 Å². The van der Waals surface area contributed by atoms with Crippen LogP contribution in [0, 0.1) is 6.92 Å². The normalized spacial score (nSPS) is 11.9. The SMILES string of the molecule is CCCN(c1nc(C(C)(C)C)nc(NCC)c1C)C(C)C. The van der Waals surface area contributed by atoms with Crippen LogP contribution in [0.25, 0.3) is 0 Å². The van der Waals surface area contributed by atoms with Gasteiger partial charge in [0.1, 0.15) is 17.5 Å². The van der Waals surface area contributed by atoms with Crippen LogP contribution in [-0.4, -0.2) is 29.1 Å². The van der Waals surface area contributed by atoms with E-state index in [1.807, 2.05) is 0 Å². The zero-order valence-electron chi connectivity index (χ0n) is 15.0. The molecule has 0 radical (unpaired) electrons. The summed E-state index contributed by atoms with van der Waals surface area (Å²) in [5.41, 5.74) is 1.09. The summed E-state index contributed by atoms with van der Waals surface area (Å²) in [7, 11) is 0. The molecule has 1 aromatic heterocycles. The van der Waals surface area contributed by atoms with Crippen molar-refractivity contribution in [3.8, 4) is 0 Å². The van der Waals surface area contributed by atoms with E-state index in [0.717, 1.165) is 42.5 Å². The molecular weight excluding hydrogens is 260 g/mol. The van der Waals surface area contributed by atoms with Crippen LogP contribution < -0.4 is 10.2 Å². The fourth-order valence-corrected chi connectivity index (χ4v) is 2.31. The predicted octanol–water partition coefficient (Wildman–Crippen LogP) is 4.14. The highest BCUT2D eigenvalue weighted by Gasteiger charge is 2.24. The summed E-state index contributed by atoms with van der Waals surface area (Å²) in [6.45, 7) is 19.3. The summed E-state index contributed by atoms with van der Waals surface area (Å²) in [4.78, 5) is 12.0. The second kappa shape index (κ2) is 7.10. The molecule has 1 aromatic rings. The lowest BCUT2D eigenvalue weighted by Crippen LogP contribution is -2.34. The van der Waals surface area contributed by atoms with Gasteiger partial charge in [0.25, 0.3) is 0 Å². The zero-order chi connectivity index (χ0) is 16.2. The molecular formula is C17H32N4. The molecule has 1 heterocycles. The minimum Gasteiger partial charge on any atom is -0.370 e. The molecule has 4 nitrogen and oxygen atoms in total. The Morgan fingerprint density at radius 1 is 1.14 bits per heavy atom. The Hall–Kier alpha value is -1.32. The van der Waals surface area contributed by atoms with Crippen LogP contribution in [0.3, 0.4) is 0 Å². The second-order valence-corrected chi connectivity index (χ2v) is 6.91. The third kappa shape index (κ3) is 4.32. The summed E-state index contributed by atoms with van der Waals surface area (Å²) < 4.78 is 0. The van der Waals surface area contributed by atoms with Crippen LogP contribution in [0.1, 0.15) is 66.3 Å². The largest absolute Gasteiger partial charge is 0.370 e. The standard InChI is InChI=1S/C17H32N4/c1-9-11-21(12(3)4)15-13(5)14(18-10-2)19-16(20-15)17(6,7)8/h12H,9-11H2,1-8H3,(H,18,19,20). The topological polar surface area (TPSA) is 41.1 Å². The summed E-state index contributed by atoms with van der Waals surface area (Å²) in [6, 6.07) is 0.431. The third-order valence-corrected chi connectivity index (χ3v) is 3.50. The number of anilines is 2. The van der Waals surface area contributed by atoms with Gasteiger partial charge in [0, 0.05) is 30.1 Å². The molecule has 0 spiro atoms. The van der Waals surface area contributed by atoms with Gasteiger partial charge in [-0.05, 0) is 34.1 Å². The molecule has 0 aliphatic heterocycles. The molecule has 0 unspecified atom stereocenters. The van der Waals surface area contributed by atoms with Crippen molar-refractivity contribution in [3.05, 3.63) is 11.4 Å². The van der Waals surface area contributed by atoms with E-state index < -0.39 is 0 Å². The van der Waals surface area contributed by atoms with Crippen molar-refractivity contribution in [2.75, 3.05) is 23.3 Å². The van der Waals surface area contributed by atoms with Gasteiger partial charge in [-0.3, -0.25) is 0 Å². The van der Waals surface area contributed by atoms with Gasteiger partial charge in [-0.25, -0.2) is 9.97 Å². The van der Waals surface area contributed by atoms with E-state index in [-0.39, 0.29) is 5.41 Å². The Morgan fingerprint density at radius 3 is 2.19 bits per heavy atom. The van der Waals surface area contributed by atoms with Crippen LogP contribution in [0.4, 0.5) is 11.6 Å². The Bertz CT molecular complexity index is 461. The molecule has 0 saturated carbocycles. The summed E-state index contributed by atoms with van der Waals surface area (Å²) in [5, 5.41) is 3.39. The molecule has 0 aromatic carbocycles. The smallest absolute Gasteiger partial charge is 0.138 e. The lowest BCUT2D eigenvalue weighted by Gasteiger charge is -2.31. The van der Waals surface area contributed by atoms with Crippen LogP contribution in [-0.2, 0) is 5.41 Å². The van der Waals surface area contributed by atoms with Crippen molar-refractivity contribution in [1.29, 1.82) is 0 Å². The third-order valence-electron chi connectivity index (χ3n) is 3.50. The molecule has 0 atom stereocenters. The first-order chi connectivity index (χ1) is 9.72. The van der Waals surface area contributed by atoms with Gasteiger partial charge in [0.2, 0.25) is 0 Å². The molecule has 0 bridgehead atoms. The minimum absolute atomic E-state index is 0.0541. The average molecular weight is 292 g/mol. The number of hydrogen-bond acceptors (Lipinski definition) is 4. The molecule has 0 fully saturated rings. The maximum absolute atomic E-state index is 4.90. The Morgan fingerprint density at radius 2 is 1.76 bits per heavy atom. The van der Waals surface area contributed by atoms with E-state index >= 15 is 0 Å². The van der Waals surface area contributed by atoms with E-state index in [1.54, 1.807) is 0 Å². The van der Waals surface area contributed by atoms with Crippen molar-refractivity contribution in [2.45, 2.75) is 73.3 Å². The quantitative estimate of drug-likeness (QED) is 0.855. The summed E-state index contributed by atoms with van der Waals surface area (Å²) in [5.74, 6) is 2.94. The summed E-state index contributed by atoms with van der Waals surface area (Å²) in [6.07, 6.45) is 1.11. The lowest BCUT2D eigenvalue weighted by molar-refractivity contribution is 0.541. The molecule has 120 valence electrons. The number of rotatable bonds is 6. The van der Waals surface area contributed by atoms with E-state index in [0.29, 0.717) is 6.04 Å². The highest BCUT2D eigenvalue weighted by atomic mass is 15.2. The average Bonchev–Trinajstić information content (AvgIpc) is 2.37. The van der Waals surface area contributed by atoms with Crippen LogP contribution in [0.15, 0.2) is 0 Å². The maximum atomic E-state index is 4.90. The van der Waals surface area contributed by atoms with E-state index in [9.17, 15) is 0 Å². The molecule has 1 N–H and O–H groups in total. The lowest BCUT2D eigenvalue weighted by atomic mass is 9.95. The molecule has 4 heteroatoms. The zero-order valence-corrected chi connectivity index (χ0v) is 15.0. The minimum atomic E-state index is -0.0541. The van der Waals surface area contributed by atoms with Crippen molar-refractivity contribution >= 4 is 11.6 Å². The first kappa shape index (κ1) is 17.7. The first-order valence-corrected chi connectivity index (χ1v) is 8.11. The highest BCUT2D eigenvalue weighted by molar-refractivity contribution is 5.59. The van der Waals surface area contributed by atoms with Crippen LogP contribution >= 0.6 is 0 Å². The van der Waals surface area contributed by atoms with Crippen LogP contribution in [0.5, 0.6) is 0 Å². The van der Waals surface area contributed by atoms with E-state index in [1.165, 1.54) is 0 Å². The Balaban J connectivity index is 3.43. The molecule has 0 saturated heterocycles. The van der Waals surface area contributed by atoms with E-state index in [4.69, 9.17) is 9.97 Å². The predicted molar refractivity (Wildman–Crippen MR) is 92.4 cm³/mol. The molecule has 21 heavy (non-hydrogen) atoms. The molecule has 1 rings (SSSR count). The number of aromatic nitrogens is 2. The van der Waals surface area contributed by atoms with Gasteiger partial charge < -0.3 is 10.2 Å². The highest BCUT2D eigenvalue weighted by Crippen LogP contribution is 2.29. The molecule has 0 aliphatic rings. The van der Waals surface area contributed by atoms with Gasteiger partial charge >= 0.3 is 0 Å². The molecule has 0 aliphatic carbocycles. The maximum Gasteiger partial charge on any atom is 0.138 e. The number of nitrogens with one attached hydrogen (secondary N) is 1. The van der Waals surface area contributed by atoms with Gasteiger partial charge in [0.05, 0.1) is 0 Å². The van der Waals surface area contributed by atoms with Gasteiger partial charge in [-0.15, -0.1) is 0 Å². The Kier molecular flexibility index (Phi) is 5.99. The second-order valence-electron chi connectivity index (χ2n) is 6.91. The van der Waals surface area contributed by atoms with Crippen molar-refractivity contribution < 1.29 is 0 Å². The van der Waals surface area contributed by atoms with Gasteiger partial charge in [-0.2, -0.15) is 0 Å². The van der Waals surface area contributed by atoms with Crippen LogP contribution in [0.2, 0.25) is 0 Å². The summed E-state index contributed by atoms with van der Waals surface area (Å²) >= 11 is 0. The monoisotopic (exact) mass is 292 g/mol. The fraction of sp³-hybridized carbons (Fsp3) is 0.765. The number of hydrogen-bond donors (Lipinski definition) is 1. The van der Waals surface area contributed by atoms with Crippen molar-refractivity contribution in [1.82, 2.24) is 9.97 Å². The first-order valence-electron chi connectivity index (χ1n) is 8.11. The number of nitrogens with zero attached hydrogens (tertiary/aromatic N) is 3.